The summed E-state index contributed by atoms with van der Waals surface area (Å²) >= 11 is 0. The highest BCUT2D eigenvalue weighted by Gasteiger charge is 2.37. The molecule has 0 atom stereocenters. The minimum atomic E-state index is -4.79. The highest BCUT2D eigenvalue weighted by atomic mass is 19.4. The van der Waals surface area contributed by atoms with Crippen molar-refractivity contribution in [3.63, 3.8) is 0 Å². The molecule has 0 unspecified atom stereocenters. The number of imidazole rings is 1. The number of fused-ring (bicyclic) bond motifs is 1. The lowest BCUT2D eigenvalue weighted by atomic mass is 10.1. The zero-order chi connectivity index (χ0) is 26.3. The highest BCUT2D eigenvalue weighted by Crippen LogP contribution is 2.37. The van der Waals surface area contributed by atoms with Gasteiger partial charge in [-0.25, -0.2) is 18.6 Å². The number of hydrogen-bond acceptors (Lipinski definition) is 4. The van der Waals surface area contributed by atoms with Crippen LogP contribution in [0.2, 0.25) is 0 Å². The van der Waals surface area contributed by atoms with Crippen LogP contribution in [0.5, 0.6) is 0 Å². The van der Waals surface area contributed by atoms with Gasteiger partial charge in [0.2, 0.25) is 0 Å². The molecule has 0 N–H and O–H groups in total. The van der Waals surface area contributed by atoms with Crippen molar-refractivity contribution in [1.82, 2.24) is 19.3 Å². The molecule has 11 heteroatoms. The molecule has 0 radical (unpaired) electrons. The Labute approximate surface area is 206 Å². The van der Waals surface area contributed by atoms with Gasteiger partial charge in [0.05, 0.1) is 17.8 Å². The first-order chi connectivity index (χ1) is 17.7. The number of halogens is 5. The van der Waals surface area contributed by atoms with Gasteiger partial charge in [-0.1, -0.05) is 42.4 Å². The van der Waals surface area contributed by atoms with Crippen LogP contribution < -0.4 is 5.69 Å². The van der Waals surface area contributed by atoms with Crippen molar-refractivity contribution in [1.29, 1.82) is 0 Å². The first-order valence-electron chi connectivity index (χ1n) is 11.3. The van der Waals surface area contributed by atoms with Gasteiger partial charge in [-0.05, 0) is 24.6 Å². The molecule has 37 heavy (non-hydrogen) atoms. The minimum absolute atomic E-state index is 0.0108. The summed E-state index contributed by atoms with van der Waals surface area (Å²) in [5.74, 6) is -1.65. The normalized spacial score (nSPS) is 11.9. The van der Waals surface area contributed by atoms with Gasteiger partial charge in [0.25, 0.3) is 0 Å². The van der Waals surface area contributed by atoms with Crippen LogP contribution >= 0.6 is 0 Å². The van der Waals surface area contributed by atoms with E-state index < -0.39 is 41.1 Å². The first kappa shape index (κ1) is 24.4. The molecule has 0 aliphatic heterocycles. The molecular weight excluding hydrogens is 495 g/mol. The Bertz CT molecular complexity index is 1650. The maximum atomic E-state index is 14.3. The summed E-state index contributed by atoms with van der Waals surface area (Å²) in [7, 11) is 0. The Morgan fingerprint density at radius 1 is 0.946 bits per heavy atom. The fourth-order valence-corrected chi connectivity index (χ4v) is 4.22. The number of alkyl halides is 3. The second-order valence-electron chi connectivity index (χ2n) is 8.41. The van der Waals surface area contributed by atoms with E-state index in [2.05, 4.69) is 10.1 Å². The van der Waals surface area contributed by atoms with Crippen molar-refractivity contribution < 1.29 is 26.5 Å². The molecule has 6 nitrogen and oxygen atoms in total. The van der Waals surface area contributed by atoms with Crippen LogP contribution in [0.3, 0.4) is 0 Å². The Morgan fingerprint density at radius 3 is 2.38 bits per heavy atom. The average molecular weight is 514 g/mol. The first-order valence-corrected chi connectivity index (χ1v) is 11.3. The molecular formula is C26H19F5N4O2. The van der Waals surface area contributed by atoms with Crippen LogP contribution in [0.4, 0.5) is 22.0 Å². The van der Waals surface area contributed by atoms with Crippen LogP contribution in [0, 0.1) is 11.6 Å². The van der Waals surface area contributed by atoms with E-state index in [9.17, 15) is 26.7 Å². The van der Waals surface area contributed by atoms with Gasteiger partial charge in [-0.2, -0.15) is 13.2 Å². The van der Waals surface area contributed by atoms with Crippen LogP contribution in [-0.4, -0.2) is 19.3 Å². The summed E-state index contributed by atoms with van der Waals surface area (Å²) in [4.78, 5) is 17.8. The monoisotopic (exact) mass is 514 g/mol. The molecule has 0 saturated heterocycles. The second kappa shape index (κ2) is 9.30. The summed E-state index contributed by atoms with van der Waals surface area (Å²) < 4.78 is 77.7. The molecule has 0 bridgehead atoms. The van der Waals surface area contributed by atoms with Crippen LogP contribution in [-0.2, 0) is 19.3 Å². The molecule has 0 aliphatic rings. The molecule has 0 spiro atoms. The SMILES string of the molecule is CCCn1c(=O)n(Cc2cc(-c3ccc(F)cc3F)no2)c2c(C(F)(F)F)cc(-c3ccccc3)nc21. The predicted molar refractivity (Wildman–Crippen MR) is 126 cm³/mol. The van der Waals surface area contributed by atoms with Gasteiger partial charge in [-0.3, -0.25) is 9.13 Å². The summed E-state index contributed by atoms with van der Waals surface area (Å²) in [6.45, 7) is 1.53. The van der Waals surface area contributed by atoms with Crippen LogP contribution in [0.1, 0.15) is 24.7 Å². The third-order valence-corrected chi connectivity index (χ3v) is 5.86. The van der Waals surface area contributed by atoms with E-state index in [1.165, 1.54) is 16.7 Å². The Balaban J connectivity index is 1.68. The molecule has 3 aromatic heterocycles. The van der Waals surface area contributed by atoms with Gasteiger partial charge in [0, 0.05) is 29.8 Å². The lowest BCUT2D eigenvalue weighted by Crippen LogP contribution is -2.25. The lowest BCUT2D eigenvalue weighted by molar-refractivity contribution is -0.136. The maximum Gasteiger partial charge on any atom is 0.418 e. The van der Waals surface area contributed by atoms with Crippen molar-refractivity contribution >= 4 is 11.2 Å². The number of nitrogens with zero attached hydrogens (tertiary/aromatic N) is 4. The molecule has 190 valence electrons. The Hall–Kier alpha value is -4.28. The zero-order valence-corrected chi connectivity index (χ0v) is 19.4. The summed E-state index contributed by atoms with van der Waals surface area (Å²) in [5, 5.41) is 3.75. The largest absolute Gasteiger partial charge is 0.418 e. The number of hydrogen-bond donors (Lipinski definition) is 0. The summed E-state index contributed by atoms with van der Waals surface area (Å²) in [6, 6.07) is 13.5. The molecule has 3 heterocycles. The van der Waals surface area contributed by atoms with Gasteiger partial charge >= 0.3 is 11.9 Å². The van der Waals surface area contributed by atoms with Gasteiger partial charge < -0.3 is 4.52 Å². The smallest absolute Gasteiger partial charge is 0.359 e. The summed E-state index contributed by atoms with van der Waals surface area (Å²) in [6.07, 6.45) is -4.31. The van der Waals surface area contributed by atoms with Gasteiger partial charge in [0.15, 0.2) is 11.4 Å². The topological polar surface area (TPSA) is 65.8 Å². The third kappa shape index (κ3) is 4.52. The van der Waals surface area contributed by atoms with Crippen molar-refractivity contribution in [3.05, 3.63) is 94.1 Å². The van der Waals surface area contributed by atoms with Gasteiger partial charge in [0.1, 0.15) is 22.8 Å². The number of rotatable bonds is 6. The molecule has 5 aromatic rings. The van der Waals surface area contributed by atoms with E-state index in [4.69, 9.17) is 4.52 Å². The van der Waals surface area contributed by atoms with E-state index in [1.807, 2.05) is 0 Å². The second-order valence-corrected chi connectivity index (χ2v) is 8.41. The lowest BCUT2D eigenvalue weighted by Gasteiger charge is -2.12. The maximum absolute atomic E-state index is 14.3. The molecule has 0 fully saturated rings. The van der Waals surface area contributed by atoms with Crippen molar-refractivity contribution in [2.45, 2.75) is 32.6 Å². The van der Waals surface area contributed by atoms with Gasteiger partial charge in [-0.15, -0.1) is 0 Å². The standard InChI is InChI=1S/C26H19F5N4O2/c1-2-10-34-24-23(19(26(29,30)31)13-21(32-24)15-6-4-3-5-7-15)35(25(34)36)14-17-12-22(33-37-17)18-9-8-16(27)11-20(18)28/h3-9,11-13H,2,10,14H2,1H3. The number of benzene rings is 2. The van der Waals surface area contributed by atoms with E-state index in [0.717, 1.165) is 16.7 Å². The fourth-order valence-electron chi connectivity index (χ4n) is 4.22. The average Bonchev–Trinajstić information content (AvgIpc) is 3.42. The zero-order valence-electron chi connectivity index (χ0n) is 19.4. The molecule has 0 amide bonds. The highest BCUT2D eigenvalue weighted by molar-refractivity contribution is 5.81. The van der Waals surface area contributed by atoms with E-state index in [-0.39, 0.29) is 34.9 Å². The summed E-state index contributed by atoms with van der Waals surface area (Å²) in [5.41, 5.74) is -1.71. The van der Waals surface area contributed by atoms with E-state index in [1.54, 1.807) is 37.3 Å². The molecule has 2 aromatic carbocycles. The molecule has 0 aliphatic carbocycles. The number of aryl methyl sites for hydroxylation is 1. The third-order valence-electron chi connectivity index (χ3n) is 5.86. The van der Waals surface area contributed by atoms with E-state index >= 15 is 0 Å². The molecule has 0 saturated carbocycles. The van der Waals surface area contributed by atoms with Crippen LogP contribution in [0.25, 0.3) is 33.7 Å². The van der Waals surface area contributed by atoms with Crippen LogP contribution in [0.15, 0.2) is 70.0 Å². The Morgan fingerprint density at radius 2 is 1.70 bits per heavy atom. The number of aromatic nitrogens is 4. The van der Waals surface area contributed by atoms with Crippen molar-refractivity contribution in [3.8, 4) is 22.5 Å². The predicted octanol–water partition coefficient (Wildman–Crippen LogP) is 6.28. The van der Waals surface area contributed by atoms with Crippen molar-refractivity contribution in [2.24, 2.45) is 0 Å². The van der Waals surface area contributed by atoms with E-state index in [0.29, 0.717) is 18.1 Å². The quantitative estimate of drug-likeness (QED) is 0.251. The fraction of sp³-hybridized carbons (Fsp3) is 0.192. The van der Waals surface area contributed by atoms with Crippen molar-refractivity contribution in [2.75, 3.05) is 0 Å². The number of pyridine rings is 1. The minimum Gasteiger partial charge on any atom is -0.359 e. The Kier molecular flexibility index (Phi) is 6.14. The molecule has 5 rings (SSSR count).